The molecule has 126 valence electrons. The predicted molar refractivity (Wildman–Crippen MR) is 99.3 cm³/mol. The molecule has 0 unspecified atom stereocenters. The number of thioether (sulfide) groups is 1. The van der Waals surface area contributed by atoms with Crippen LogP contribution in [0.25, 0.3) is 11.4 Å². The molecule has 0 atom stereocenters. The molecule has 1 aliphatic heterocycles. The van der Waals surface area contributed by atoms with Gasteiger partial charge in [-0.15, -0.1) is 0 Å². The van der Waals surface area contributed by atoms with Crippen LogP contribution in [0.4, 0.5) is 11.5 Å². The molecule has 2 aromatic rings. The number of ether oxygens (including phenoxy) is 1. The Labute approximate surface area is 146 Å². The van der Waals surface area contributed by atoms with Crippen LogP contribution in [0, 0.1) is 0 Å². The second kappa shape index (κ2) is 6.26. The van der Waals surface area contributed by atoms with Crippen molar-refractivity contribution in [2.45, 2.75) is 17.6 Å². The lowest BCUT2D eigenvalue weighted by atomic mass is 10.1. The number of benzene rings is 1. The summed E-state index contributed by atoms with van der Waals surface area (Å²) in [5.74, 6) is 1.80. The van der Waals surface area contributed by atoms with Crippen LogP contribution in [0.3, 0.4) is 0 Å². The highest BCUT2D eigenvalue weighted by atomic mass is 32.2. The van der Waals surface area contributed by atoms with Crippen molar-refractivity contribution >= 4 is 23.3 Å². The summed E-state index contributed by atoms with van der Waals surface area (Å²) < 4.78 is 5.65. The Morgan fingerprint density at radius 1 is 1.12 bits per heavy atom. The van der Waals surface area contributed by atoms with Gasteiger partial charge in [0, 0.05) is 30.4 Å². The second-order valence-corrected chi connectivity index (χ2v) is 7.54. The number of hydrogen-bond acceptors (Lipinski definition) is 6. The second-order valence-electron chi connectivity index (χ2n) is 6.35. The third kappa shape index (κ3) is 2.96. The van der Waals surface area contributed by atoms with E-state index in [1.54, 1.807) is 0 Å². The third-order valence-corrected chi connectivity index (χ3v) is 6.18. The Kier molecular flexibility index (Phi) is 4.10. The molecule has 2 fully saturated rings. The van der Waals surface area contributed by atoms with Crippen molar-refractivity contribution in [2.75, 3.05) is 43.2 Å². The molecule has 0 spiro atoms. The minimum absolute atomic E-state index is 0.173. The van der Waals surface area contributed by atoms with E-state index in [1.165, 1.54) is 12.8 Å². The van der Waals surface area contributed by atoms with Crippen LogP contribution in [-0.2, 0) is 9.48 Å². The van der Waals surface area contributed by atoms with Crippen molar-refractivity contribution < 1.29 is 4.74 Å². The van der Waals surface area contributed by atoms with E-state index in [0.717, 1.165) is 54.9 Å². The first-order chi connectivity index (χ1) is 11.7. The molecule has 4 rings (SSSR count). The molecule has 6 heteroatoms. The highest BCUT2D eigenvalue weighted by molar-refractivity contribution is 7.99. The number of hydrogen-bond donors (Lipinski definition) is 1. The van der Waals surface area contributed by atoms with E-state index in [4.69, 9.17) is 20.4 Å². The van der Waals surface area contributed by atoms with Crippen molar-refractivity contribution in [3.63, 3.8) is 0 Å². The molecule has 5 nitrogen and oxygen atoms in total. The van der Waals surface area contributed by atoms with Gasteiger partial charge in [-0.1, -0.05) is 0 Å². The van der Waals surface area contributed by atoms with Crippen LogP contribution in [0.5, 0.6) is 0 Å². The molecule has 1 saturated heterocycles. The Morgan fingerprint density at radius 3 is 2.46 bits per heavy atom. The Hall–Kier alpha value is -1.79. The van der Waals surface area contributed by atoms with Gasteiger partial charge < -0.3 is 15.4 Å². The zero-order valence-electron chi connectivity index (χ0n) is 13.9. The summed E-state index contributed by atoms with van der Waals surface area (Å²) in [6, 6.07) is 9.98. The van der Waals surface area contributed by atoms with Gasteiger partial charge in [0.15, 0.2) is 5.82 Å². The maximum atomic E-state index is 5.82. The predicted octanol–water partition coefficient (Wildman–Crippen LogP) is 2.91. The van der Waals surface area contributed by atoms with Gasteiger partial charge in [0.2, 0.25) is 0 Å². The van der Waals surface area contributed by atoms with Gasteiger partial charge in [-0.2, -0.15) is 11.8 Å². The lowest BCUT2D eigenvalue weighted by molar-refractivity contribution is 0.122. The topological polar surface area (TPSA) is 64.3 Å². The van der Waals surface area contributed by atoms with Crippen molar-refractivity contribution in [3.05, 3.63) is 36.0 Å². The van der Waals surface area contributed by atoms with Gasteiger partial charge >= 0.3 is 0 Å². The van der Waals surface area contributed by atoms with E-state index in [9.17, 15) is 0 Å². The summed E-state index contributed by atoms with van der Waals surface area (Å²) in [5.41, 5.74) is 8.73. The van der Waals surface area contributed by atoms with E-state index in [0.29, 0.717) is 0 Å². The smallest absolute Gasteiger partial charge is 0.161 e. The van der Waals surface area contributed by atoms with Gasteiger partial charge in [0.1, 0.15) is 5.82 Å². The number of rotatable bonds is 4. The third-order valence-electron chi connectivity index (χ3n) is 4.78. The summed E-state index contributed by atoms with van der Waals surface area (Å²) in [6.45, 7) is 3.27. The molecular weight excluding hydrogens is 320 g/mol. The number of morpholine rings is 1. The number of aromatic nitrogens is 2. The average Bonchev–Trinajstić information content (AvgIpc) is 3.44. The largest absolute Gasteiger partial charge is 0.399 e. The highest BCUT2D eigenvalue weighted by Crippen LogP contribution is 2.55. The molecular formula is C18H22N4OS. The van der Waals surface area contributed by atoms with Gasteiger partial charge in [-0.05, 0) is 43.4 Å². The molecule has 1 saturated carbocycles. The van der Waals surface area contributed by atoms with E-state index < -0.39 is 0 Å². The molecule has 2 aliphatic rings. The van der Waals surface area contributed by atoms with Crippen molar-refractivity contribution in [3.8, 4) is 11.4 Å². The molecule has 2 heterocycles. The van der Waals surface area contributed by atoms with E-state index in [2.05, 4.69) is 17.2 Å². The summed E-state index contributed by atoms with van der Waals surface area (Å²) in [6.07, 6.45) is 4.55. The van der Waals surface area contributed by atoms with Crippen LogP contribution in [-0.4, -0.2) is 42.5 Å². The highest BCUT2D eigenvalue weighted by Gasteiger charge is 2.45. The lowest BCUT2D eigenvalue weighted by Crippen LogP contribution is -2.37. The molecule has 0 radical (unpaired) electrons. The standard InChI is InChI=1S/C18H22N4OS/c1-24-18(6-7-18)15-12-16(22-8-10-23-11-9-22)21-17(20-15)13-2-4-14(19)5-3-13/h2-5,12H,6-11,19H2,1H3. The van der Waals surface area contributed by atoms with Crippen LogP contribution in [0.2, 0.25) is 0 Å². The Morgan fingerprint density at radius 2 is 1.83 bits per heavy atom. The van der Waals surface area contributed by atoms with Gasteiger partial charge in [-0.3, -0.25) is 0 Å². The first-order valence-electron chi connectivity index (χ1n) is 8.33. The molecule has 1 aliphatic carbocycles. The van der Waals surface area contributed by atoms with Gasteiger partial charge in [0.05, 0.1) is 23.7 Å². The fourth-order valence-electron chi connectivity index (χ4n) is 3.06. The number of nitrogens with zero attached hydrogens (tertiary/aromatic N) is 3. The SMILES string of the molecule is CSC1(c2cc(N3CCOCC3)nc(-c3ccc(N)cc3)n2)CC1. The normalized spacial score (nSPS) is 19.3. The zero-order chi connectivity index (χ0) is 16.6. The van der Waals surface area contributed by atoms with E-state index in [-0.39, 0.29) is 4.75 Å². The Balaban J connectivity index is 1.77. The number of nitrogen functional groups attached to an aromatic ring is 1. The summed E-state index contributed by atoms with van der Waals surface area (Å²) in [4.78, 5) is 12.0. The first kappa shape index (κ1) is 15.7. The van der Waals surface area contributed by atoms with Crippen molar-refractivity contribution in [2.24, 2.45) is 0 Å². The van der Waals surface area contributed by atoms with E-state index in [1.807, 2.05) is 36.0 Å². The van der Waals surface area contributed by atoms with Crippen LogP contribution >= 0.6 is 11.8 Å². The summed E-state index contributed by atoms with van der Waals surface area (Å²) in [7, 11) is 0. The summed E-state index contributed by atoms with van der Waals surface area (Å²) >= 11 is 1.90. The monoisotopic (exact) mass is 342 g/mol. The molecule has 1 aromatic carbocycles. The minimum Gasteiger partial charge on any atom is -0.399 e. The maximum Gasteiger partial charge on any atom is 0.161 e. The molecule has 0 amide bonds. The van der Waals surface area contributed by atoms with Gasteiger partial charge in [0.25, 0.3) is 0 Å². The first-order valence-corrected chi connectivity index (χ1v) is 9.56. The fourth-order valence-corrected chi connectivity index (χ4v) is 3.89. The quantitative estimate of drug-likeness (QED) is 0.862. The fraction of sp³-hybridized carbons (Fsp3) is 0.444. The molecule has 0 bridgehead atoms. The van der Waals surface area contributed by atoms with Crippen LogP contribution < -0.4 is 10.6 Å². The van der Waals surface area contributed by atoms with Crippen molar-refractivity contribution in [1.29, 1.82) is 0 Å². The maximum absolute atomic E-state index is 5.82. The Bertz CT molecular complexity index is 724. The number of anilines is 2. The molecule has 24 heavy (non-hydrogen) atoms. The lowest BCUT2D eigenvalue weighted by Gasteiger charge is -2.29. The average molecular weight is 342 g/mol. The molecule has 2 N–H and O–H groups in total. The molecule has 1 aromatic heterocycles. The van der Waals surface area contributed by atoms with Crippen LogP contribution in [0.15, 0.2) is 30.3 Å². The number of nitrogens with two attached hydrogens (primary N) is 1. The van der Waals surface area contributed by atoms with Crippen LogP contribution in [0.1, 0.15) is 18.5 Å². The summed E-state index contributed by atoms with van der Waals surface area (Å²) in [5, 5.41) is 0. The van der Waals surface area contributed by atoms with E-state index >= 15 is 0 Å². The zero-order valence-corrected chi connectivity index (χ0v) is 14.7. The van der Waals surface area contributed by atoms with Gasteiger partial charge in [-0.25, -0.2) is 9.97 Å². The van der Waals surface area contributed by atoms with Crippen molar-refractivity contribution in [1.82, 2.24) is 9.97 Å². The minimum atomic E-state index is 0.173.